The molecule has 134 valence electrons. The zero-order chi connectivity index (χ0) is 18.5. The Hall–Kier alpha value is -2.41. The molecule has 7 nitrogen and oxygen atoms in total. The number of carbonyl (C=O) groups excluding carboxylic acids is 2. The first-order valence-corrected chi connectivity index (χ1v) is 8.31. The molecule has 2 fully saturated rings. The van der Waals surface area contributed by atoms with Crippen LogP contribution in [0, 0.1) is 17.8 Å². The molecule has 2 saturated heterocycles. The van der Waals surface area contributed by atoms with Crippen LogP contribution < -0.4 is 5.32 Å². The number of carboxylic acid groups (broad SMARTS) is 1. The summed E-state index contributed by atoms with van der Waals surface area (Å²) in [7, 11) is 1.38. The largest absolute Gasteiger partial charge is 0.508 e. The third-order valence-electron chi connectivity index (χ3n) is 5.26. The molecule has 2 aliphatic rings. The Morgan fingerprint density at radius 3 is 2.48 bits per heavy atom. The molecule has 0 radical (unpaired) electrons. The number of carbonyl (C=O) groups is 3. The minimum absolute atomic E-state index is 0.00109. The molecule has 3 N–H and O–H groups in total. The lowest BCUT2D eigenvalue weighted by Crippen LogP contribution is -2.56. The SMILES string of the molecule is CC(C)CC1(C(=O)O)NC(c2ccccc2O)C2C(=O)N(C)C(=O)C21. The van der Waals surface area contributed by atoms with Crippen LogP contribution in [0.25, 0.3) is 0 Å². The predicted octanol–water partition coefficient (Wildman–Crippen LogP) is 1.14. The lowest BCUT2D eigenvalue weighted by Gasteiger charge is -2.32. The number of benzene rings is 1. The standard InChI is InChI=1S/C18H22N2O5/c1-9(2)8-18(17(24)25)13-12(15(22)20(3)16(13)23)14(19-18)10-6-4-5-7-11(10)21/h4-7,9,12-14,19,21H,8H2,1-3H3,(H,24,25). The number of likely N-dealkylation sites (tertiary alicyclic amines) is 1. The van der Waals surface area contributed by atoms with Crippen LogP contribution in [0.2, 0.25) is 0 Å². The highest BCUT2D eigenvalue weighted by molar-refractivity contribution is 6.09. The van der Waals surface area contributed by atoms with Crippen LogP contribution in [0.5, 0.6) is 5.75 Å². The number of rotatable bonds is 4. The van der Waals surface area contributed by atoms with Crippen LogP contribution in [0.4, 0.5) is 0 Å². The summed E-state index contributed by atoms with van der Waals surface area (Å²) in [4.78, 5) is 38.6. The molecule has 3 rings (SSSR count). The summed E-state index contributed by atoms with van der Waals surface area (Å²) in [5, 5.41) is 23.2. The number of para-hydroxylation sites is 1. The Kier molecular flexibility index (Phi) is 4.07. The fourth-order valence-electron chi connectivity index (χ4n) is 4.28. The van der Waals surface area contributed by atoms with Gasteiger partial charge in [0.15, 0.2) is 0 Å². The van der Waals surface area contributed by atoms with Gasteiger partial charge in [0.05, 0.1) is 11.8 Å². The second kappa shape index (κ2) is 5.84. The molecule has 0 bridgehead atoms. The molecule has 0 aliphatic carbocycles. The van der Waals surface area contributed by atoms with Gasteiger partial charge in [0, 0.05) is 18.7 Å². The molecule has 4 atom stereocenters. The van der Waals surface area contributed by atoms with E-state index in [9.17, 15) is 24.6 Å². The van der Waals surface area contributed by atoms with Crippen LogP contribution in [-0.2, 0) is 14.4 Å². The van der Waals surface area contributed by atoms with Gasteiger partial charge in [0.1, 0.15) is 11.3 Å². The molecular formula is C18H22N2O5. The van der Waals surface area contributed by atoms with Crippen LogP contribution in [-0.4, -0.2) is 45.5 Å². The molecule has 7 heteroatoms. The topological polar surface area (TPSA) is 107 Å². The Balaban J connectivity index is 2.17. The van der Waals surface area contributed by atoms with E-state index in [1.807, 2.05) is 13.8 Å². The van der Waals surface area contributed by atoms with Crippen molar-refractivity contribution in [1.82, 2.24) is 10.2 Å². The number of hydrogen-bond donors (Lipinski definition) is 3. The van der Waals surface area contributed by atoms with Crippen LogP contribution in [0.1, 0.15) is 31.9 Å². The number of nitrogens with zero attached hydrogens (tertiary/aromatic N) is 1. The average molecular weight is 346 g/mol. The smallest absolute Gasteiger partial charge is 0.324 e. The van der Waals surface area contributed by atoms with Crippen molar-refractivity contribution in [3.05, 3.63) is 29.8 Å². The maximum absolute atomic E-state index is 12.7. The minimum Gasteiger partial charge on any atom is -0.508 e. The van der Waals surface area contributed by atoms with E-state index in [1.165, 1.54) is 13.1 Å². The van der Waals surface area contributed by atoms with Crippen molar-refractivity contribution < 1.29 is 24.6 Å². The summed E-state index contributed by atoms with van der Waals surface area (Å²) >= 11 is 0. The van der Waals surface area contributed by atoms with Gasteiger partial charge >= 0.3 is 5.97 Å². The second-order valence-electron chi connectivity index (χ2n) is 7.29. The van der Waals surface area contributed by atoms with Gasteiger partial charge < -0.3 is 10.2 Å². The summed E-state index contributed by atoms with van der Waals surface area (Å²) in [5.41, 5.74) is -1.11. The van der Waals surface area contributed by atoms with Crippen molar-refractivity contribution in [3.8, 4) is 5.75 Å². The van der Waals surface area contributed by atoms with Gasteiger partial charge in [0.25, 0.3) is 0 Å². The van der Waals surface area contributed by atoms with Gasteiger partial charge in [-0.15, -0.1) is 0 Å². The zero-order valence-corrected chi connectivity index (χ0v) is 14.4. The molecule has 25 heavy (non-hydrogen) atoms. The molecule has 1 aromatic rings. The molecule has 0 saturated carbocycles. The van der Waals surface area contributed by atoms with Crippen molar-refractivity contribution in [2.75, 3.05) is 7.05 Å². The van der Waals surface area contributed by atoms with E-state index in [0.717, 1.165) is 4.90 Å². The summed E-state index contributed by atoms with van der Waals surface area (Å²) in [6.45, 7) is 3.75. The number of phenols is 1. The third-order valence-corrected chi connectivity index (χ3v) is 5.26. The number of nitrogens with one attached hydrogen (secondary N) is 1. The Morgan fingerprint density at radius 1 is 1.28 bits per heavy atom. The first-order chi connectivity index (χ1) is 11.7. The van der Waals surface area contributed by atoms with Crippen molar-refractivity contribution in [3.63, 3.8) is 0 Å². The number of hydrogen-bond acceptors (Lipinski definition) is 5. The van der Waals surface area contributed by atoms with Crippen molar-refractivity contribution >= 4 is 17.8 Å². The van der Waals surface area contributed by atoms with Crippen LogP contribution in [0.15, 0.2) is 24.3 Å². The van der Waals surface area contributed by atoms with E-state index in [4.69, 9.17) is 0 Å². The average Bonchev–Trinajstić information content (AvgIpc) is 2.98. The summed E-state index contributed by atoms with van der Waals surface area (Å²) in [6.07, 6.45) is 0.209. The van der Waals surface area contributed by atoms with E-state index in [2.05, 4.69) is 5.32 Å². The maximum Gasteiger partial charge on any atom is 0.324 e. The maximum atomic E-state index is 12.7. The van der Waals surface area contributed by atoms with Gasteiger partial charge in [-0.05, 0) is 18.4 Å². The van der Waals surface area contributed by atoms with Gasteiger partial charge in [-0.25, -0.2) is 0 Å². The Labute approximate surface area is 145 Å². The van der Waals surface area contributed by atoms with Crippen molar-refractivity contribution in [2.24, 2.45) is 17.8 Å². The highest BCUT2D eigenvalue weighted by Crippen LogP contribution is 2.51. The van der Waals surface area contributed by atoms with E-state index in [-0.39, 0.29) is 18.1 Å². The molecule has 0 aromatic heterocycles. The summed E-state index contributed by atoms with van der Waals surface area (Å²) in [5.74, 6) is -3.91. The quantitative estimate of drug-likeness (QED) is 0.706. The number of carboxylic acids is 1. The number of fused-ring (bicyclic) bond motifs is 1. The van der Waals surface area contributed by atoms with Gasteiger partial charge in [-0.3, -0.25) is 24.6 Å². The highest BCUT2D eigenvalue weighted by Gasteiger charge is 2.68. The van der Waals surface area contributed by atoms with Crippen molar-refractivity contribution in [2.45, 2.75) is 31.8 Å². The lowest BCUT2D eigenvalue weighted by atomic mass is 9.75. The van der Waals surface area contributed by atoms with Gasteiger partial charge in [-0.1, -0.05) is 32.0 Å². The van der Waals surface area contributed by atoms with E-state index in [0.29, 0.717) is 5.56 Å². The monoisotopic (exact) mass is 346 g/mol. The summed E-state index contributed by atoms with van der Waals surface area (Å²) in [6, 6.07) is 5.76. The zero-order valence-electron chi connectivity index (χ0n) is 14.4. The lowest BCUT2D eigenvalue weighted by molar-refractivity contribution is -0.151. The number of phenolic OH excluding ortho intramolecular Hbond substituents is 1. The molecule has 2 heterocycles. The molecule has 2 amide bonds. The Bertz CT molecular complexity index is 747. The highest BCUT2D eigenvalue weighted by atomic mass is 16.4. The normalized spacial score (nSPS) is 31.7. The minimum atomic E-state index is -1.54. The molecule has 0 spiro atoms. The van der Waals surface area contributed by atoms with E-state index in [1.54, 1.807) is 18.2 Å². The second-order valence-corrected chi connectivity index (χ2v) is 7.29. The van der Waals surface area contributed by atoms with Crippen molar-refractivity contribution in [1.29, 1.82) is 0 Å². The van der Waals surface area contributed by atoms with E-state index < -0.39 is 41.2 Å². The van der Waals surface area contributed by atoms with Gasteiger partial charge in [-0.2, -0.15) is 0 Å². The van der Waals surface area contributed by atoms with E-state index >= 15 is 0 Å². The van der Waals surface area contributed by atoms with Gasteiger partial charge in [0.2, 0.25) is 11.8 Å². The first-order valence-electron chi connectivity index (χ1n) is 8.31. The number of imide groups is 1. The molecule has 2 aliphatic heterocycles. The number of amides is 2. The predicted molar refractivity (Wildman–Crippen MR) is 88.6 cm³/mol. The fourth-order valence-corrected chi connectivity index (χ4v) is 4.28. The fraction of sp³-hybridized carbons (Fsp3) is 0.500. The van der Waals surface area contributed by atoms with Crippen LogP contribution in [0.3, 0.4) is 0 Å². The number of aromatic hydroxyl groups is 1. The first kappa shape index (κ1) is 17.4. The third kappa shape index (κ3) is 2.41. The van der Waals surface area contributed by atoms with Crippen LogP contribution >= 0.6 is 0 Å². The summed E-state index contributed by atoms with van der Waals surface area (Å²) < 4.78 is 0. The Morgan fingerprint density at radius 2 is 1.92 bits per heavy atom. The molecule has 4 unspecified atom stereocenters. The molecule has 1 aromatic carbocycles. The number of aliphatic carboxylic acids is 1. The molecular weight excluding hydrogens is 324 g/mol.